The fourth-order valence-corrected chi connectivity index (χ4v) is 3.38. The van der Waals surface area contributed by atoms with Crippen LogP contribution >= 0.6 is 11.8 Å². The molecular formula is C14H25N3O2S. The normalized spacial score (nSPS) is 20.2. The molecule has 0 aliphatic carbocycles. The third kappa shape index (κ3) is 4.46. The number of nitrogens with two attached hydrogens (primary N) is 1. The maximum absolute atomic E-state index is 6.22. The molecule has 1 aliphatic rings. The van der Waals surface area contributed by atoms with Crippen molar-refractivity contribution in [1.82, 2.24) is 10.1 Å². The van der Waals surface area contributed by atoms with Crippen LogP contribution in [0.25, 0.3) is 0 Å². The lowest BCUT2D eigenvalue weighted by Crippen LogP contribution is -2.40. The highest BCUT2D eigenvalue weighted by atomic mass is 32.2. The zero-order valence-corrected chi connectivity index (χ0v) is 13.4. The summed E-state index contributed by atoms with van der Waals surface area (Å²) in [5.74, 6) is 4.39. The van der Waals surface area contributed by atoms with E-state index in [-0.39, 0.29) is 6.10 Å². The Labute approximate surface area is 125 Å². The standard InChI is InChI=1S/C14H25N3O2S/c1-10(2)18-9-14(3,15)13-16-12(19-17-13)8-11-4-6-20-7-5-11/h10-11H,4-9,15H2,1-3H3. The van der Waals surface area contributed by atoms with E-state index in [1.54, 1.807) is 0 Å². The Morgan fingerprint density at radius 3 is 2.80 bits per heavy atom. The van der Waals surface area contributed by atoms with E-state index in [1.807, 2.05) is 32.5 Å². The minimum atomic E-state index is -0.700. The van der Waals surface area contributed by atoms with Crippen LogP contribution in [0.5, 0.6) is 0 Å². The van der Waals surface area contributed by atoms with E-state index >= 15 is 0 Å². The number of ether oxygens (including phenoxy) is 1. The predicted octanol–water partition coefficient (Wildman–Crippen LogP) is 2.35. The lowest BCUT2D eigenvalue weighted by molar-refractivity contribution is 0.0410. The topological polar surface area (TPSA) is 74.2 Å². The lowest BCUT2D eigenvalue weighted by Gasteiger charge is -2.21. The molecule has 0 bridgehead atoms. The van der Waals surface area contributed by atoms with Gasteiger partial charge in [0.2, 0.25) is 5.89 Å². The van der Waals surface area contributed by atoms with Crippen LogP contribution < -0.4 is 5.73 Å². The number of nitrogens with zero attached hydrogens (tertiary/aromatic N) is 2. The van der Waals surface area contributed by atoms with Crippen LogP contribution in [0.15, 0.2) is 4.52 Å². The summed E-state index contributed by atoms with van der Waals surface area (Å²) in [7, 11) is 0. The zero-order valence-electron chi connectivity index (χ0n) is 12.6. The van der Waals surface area contributed by atoms with Crippen molar-refractivity contribution in [3.63, 3.8) is 0 Å². The van der Waals surface area contributed by atoms with E-state index in [2.05, 4.69) is 10.1 Å². The van der Waals surface area contributed by atoms with Gasteiger partial charge in [0.1, 0.15) is 5.54 Å². The maximum Gasteiger partial charge on any atom is 0.226 e. The highest BCUT2D eigenvalue weighted by Gasteiger charge is 2.29. The van der Waals surface area contributed by atoms with E-state index in [4.69, 9.17) is 15.0 Å². The van der Waals surface area contributed by atoms with Crippen molar-refractivity contribution in [2.75, 3.05) is 18.1 Å². The van der Waals surface area contributed by atoms with Crippen LogP contribution in [0, 0.1) is 5.92 Å². The molecule has 1 atom stereocenters. The Kier molecular flexibility index (Phi) is 5.46. The van der Waals surface area contributed by atoms with Gasteiger partial charge in [-0.05, 0) is 51.0 Å². The first kappa shape index (κ1) is 15.8. The van der Waals surface area contributed by atoms with Crippen molar-refractivity contribution in [1.29, 1.82) is 0 Å². The Balaban J connectivity index is 1.93. The van der Waals surface area contributed by atoms with Crippen LogP contribution in [0.1, 0.15) is 45.3 Å². The van der Waals surface area contributed by atoms with Gasteiger partial charge in [0.15, 0.2) is 5.82 Å². The summed E-state index contributed by atoms with van der Waals surface area (Å²) < 4.78 is 10.9. The number of thioether (sulfide) groups is 1. The summed E-state index contributed by atoms with van der Waals surface area (Å²) in [4.78, 5) is 4.46. The summed E-state index contributed by atoms with van der Waals surface area (Å²) in [5, 5.41) is 4.03. The van der Waals surface area contributed by atoms with Gasteiger partial charge in [-0.2, -0.15) is 16.7 Å². The average molecular weight is 299 g/mol. The molecule has 20 heavy (non-hydrogen) atoms. The van der Waals surface area contributed by atoms with Crippen molar-refractivity contribution in [3.05, 3.63) is 11.7 Å². The van der Waals surface area contributed by atoms with E-state index in [9.17, 15) is 0 Å². The number of hydrogen-bond acceptors (Lipinski definition) is 6. The molecule has 1 aliphatic heterocycles. The van der Waals surface area contributed by atoms with Crippen molar-refractivity contribution < 1.29 is 9.26 Å². The minimum Gasteiger partial charge on any atom is -0.376 e. The van der Waals surface area contributed by atoms with E-state index in [0.717, 1.165) is 6.42 Å². The average Bonchev–Trinajstić information content (AvgIpc) is 2.87. The quantitative estimate of drug-likeness (QED) is 0.869. The van der Waals surface area contributed by atoms with Gasteiger partial charge in [0, 0.05) is 6.42 Å². The molecule has 114 valence electrons. The zero-order chi connectivity index (χ0) is 14.6. The molecule has 0 aromatic carbocycles. The second-order valence-corrected chi connectivity index (χ2v) is 7.27. The first-order chi connectivity index (χ1) is 9.47. The fraction of sp³-hybridized carbons (Fsp3) is 0.857. The summed E-state index contributed by atoms with van der Waals surface area (Å²) in [6.07, 6.45) is 3.48. The third-order valence-corrected chi connectivity index (χ3v) is 4.55. The summed E-state index contributed by atoms with van der Waals surface area (Å²) in [5.41, 5.74) is 5.52. The molecule has 0 amide bonds. The monoisotopic (exact) mass is 299 g/mol. The van der Waals surface area contributed by atoms with E-state index in [0.29, 0.717) is 24.2 Å². The Hall–Kier alpha value is -0.590. The molecule has 2 N–H and O–H groups in total. The molecule has 2 rings (SSSR count). The molecule has 1 unspecified atom stereocenters. The first-order valence-corrected chi connectivity index (χ1v) is 8.44. The minimum absolute atomic E-state index is 0.143. The van der Waals surface area contributed by atoms with Crippen LogP contribution in [0.3, 0.4) is 0 Å². The van der Waals surface area contributed by atoms with Crippen LogP contribution in [0.4, 0.5) is 0 Å². The van der Waals surface area contributed by atoms with Gasteiger partial charge < -0.3 is 15.0 Å². The molecular weight excluding hydrogens is 274 g/mol. The smallest absolute Gasteiger partial charge is 0.226 e. The highest BCUT2D eigenvalue weighted by Crippen LogP contribution is 2.26. The number of hydrogen-bond donors (Lipinski definition) is 1. The Morgan fingerprint density at radius 1 is 1.45 bits per heavy atom. The van der Waals surface area contributed by atoms with Crippen molar-refractivity contribution in [3.8, 4) is 0 Å². The lowest BCUT2D eigenvalue weighted by atomic mass is 9.99. The largest absolute Gasteiger partial charge is 0.376 e. The molecule has 0 radical (unpaired) electrons. The van der Waals surface area contributed by atoms with Gasteiger partial charge in [-0.15, -0.1) is 0 Å². The van der Waals surface area contributed by atoms with Crippen LogP contribution in [0.2, 0.25) is 0 Å². The maximum atomic E-state index is 6.22. The summed E-state index contributed by atoms with van der Waals surface area (Å²) in [6, 6.07) is 0. The molecule has 0 spiro atoms. The van der Waals surface area contributed by atoms with E-state index < -0.39 is 5.54 Å². The highest BCUT2D eigenvalue weighted by molar-refractivity contribution is 7.99. The SMILES string of the molecule is CC(C)OCC(C)(N)c1noc(CC2CCSCC2)n1. The van der Waals surface area contributed by atoms with Gasteiger partial charge in [-0.1, -0.05) is 5.16 Å². The predicted molar refractivity (Wildman–Crippen MR) is 80.7 cm³/mol. The van der Waals surface area contributed by atoms with Gasteiger partial charge in [0.25, 0.3) is 0 Å². The van der Waals surface area contributed by atoms with Crippen molar-refractivity contribution in [2.45, 2.75) is 51.7 Å². The Bertz CT molecular complexity index is 414. The molecule has 2 heterocycles. The molecule has 0 saturated carbocycles. The molecule has 6 heteroatoms. The molecule has 1 aromatic rings. The second-order valence-electron chi connectivity index (χ2n) is 6.05. The fourth-order valence-electron chi connectivity index (χ4n) is 2.17. The van der Waals surface area contributed by atoms with Crippen LogP contribution in [-0.2, 0) is 16.7 Å². The molecule has 1 aromatic heterocycles. The summed E-state index contributed by atoms with van der Waals surface area (Å²) >= 11 is 2.02. The number of rotatable bonds is 6. The first-order valence-electron chi connectivity index (χ1n) is 7.28. The molecule has 1 saturated heterocycles. The van der Waals surface area contributed by atoms with Crippen molar-refractivity contribution >= 4 is 11.8 Å². The second kappa shape index (κ2) is 6.91. The molecule has 5 nitrogen and oxygen atoms in total. The van der Waals surface area contributed by atoms with Gasteiger partial charge in [0.05, 0.1) is 12.7 Å². The van der Waals surface area contributed by atoms with E-state index in [1.165, 1.54) is 24.3 Å². The van der Waals surface area contributed by atoms with Crippen LogP contribution in [-0.4, -0.2) is 34.4 Å². The molecule has 1 fully saturated rings. The summed E-state index contributed by atoms with van der Waals surface area (Å²) in [6.45, 7) is 6.24. The third-order valence-electron chi connectivity index (χ3n) is 3.50. The Morgan fingerprint density at radius 2 is 2.15 bits per heavy atom. The van der Waals surface area contributed by atoms with Gasteiger partial charge >= 0.3 is 0 Å². The van der Waals surface area contributed by atoms with Gasteiger partial charge in [-0.25, -0.2) is 0 Å². The van der Waals surface area contributed by atoms with Crippen molar-refractivity contribution in [2.24, 2.45) is 11.7 Å². The number of aromatic nitrogens is 2. The van der Waals surface area contributed by atoms with Gasteiger partial charge in [-0.3, -0.25) is 0 Å².